The van der Waals surface area contributed by atoms with Crippen molar-refractivity contribution >= 4 is 23.5 Å². The summed E-state index contributed by atoms with van der Waals surface area (Å²) in [6.45, 7) is 0.540. The Morgan fingerprint density at radius 1 is 1.30 bits per heavy atom. The summed E-state index contributed by atoms with van der Waals surface area (Å²) < 4.78 is 0. The first-order valence-corrected chi connectivity index (χ1v) is 7.17. The Kier molecular flexibility index (Phi) is 3.21. The maximum absolute atomic E-state index is 11.9. The number of rotatable bonds is 5. The predicted octanol–water partition coefficient (Wildman–Crippen LogP) is 2.21. The zero-order valence-electron chi connectivity index (χ0n) is 10.9. The third kappa shape index (κ3) is 2.40. The molecule has 1 aromatic rings. The SMILES string of the molecule is O=C(O)C1CC1C(=O)NCC1(c2ccccc2Cl)CC1. The van der Waals surface area contributed by atoms with Gasteiger partial charge in [0.05, 0.1) is 11.8 Å². The lowest BCUT2D eigenvalue weighted by molar-refractivity contribution is -0.140. The molecule has 20 heavy (non-hydrogen) atoms. The van der Waals surface area contributed by atoms with Gasteiger partial charge in [-0.1, -0.05) is 29.8 Å². The van der Waals surface area contributed by atoms with Crippen LogP contribution in [0.4, 0.5) is 0 Å². The Balaban J connectivity index is 1.60. The lowest BCUT2D eigenvalue weighted by atomic mass is 9.96. The van der Waals surface area contributed by atoms with Crippen LogP contribution in [0, 0.1) is 11.8 Å². The Morgan fingerprint density at radius 2 is 2.00 bits per heavy atom. The van der Waals surface area contributed by atoms with Gasteiger partial charge in [-0.15, -0.1) is 0 Å². The molecule has 2 aliphatic carbocycles. The summed E-state index contributed by atoms with van der Waals surface area (Å²) in [6, 6.07) is 7.70. The second-order valence-electron chi connectivity index (χ2n) is 5.76. The number of carboxylic acids is 1. The van der Waals surface area contributed by atoms with E-state index >= 15 is 0 Å². The molecule has 0 bridgehead atoms. The zero-order valence-corrected chi connectivity index (χ0v) is 11.7. The molecule has 106 valence electrons. The third-order valence-corrected chi connectivity index (χ3v) is 4.67. The Hall–Kier alpha value is -1.55. The van der Waals surface area contributed by atoms with Gasteiger partial charge in [0.15, 0.2) is 0 Å². The highest BCUT2D eigenvalue weighted by molar-refractivity contribution is 6.31. The van der Waals surface area contributed by atoms with Gasteiger partial charge in [-0.05, 0) is 30.9 Å². The minimum Gasteiger partial charge on any atom is -0.481 e. The van der Waals surface area contributed by atoms with E-state index in [0.29, 0.717) is 13.0 Å². The zero-order chi connectivity index (χ0) is 14.3. The second kappa shape index (κ2) is 4.77. The molecule has 0 radical (unpaired) electrons. The number of carbonyl (C=O) groups is 2. The summed E-state index contributed by atoms with van der Waals surface area (Å²) in [6.07, 6.45) is 2.47. The fourth-order valence-electron chi connectivity index (χ4n) is 2.73. The molecule has 5 heteroatoms. The molecule has 0 aliphatic heterocycles. The minimum atomic E-state index is -0.877. The fourth-order valence-corrected chi connectivity index (χ4v) is 3.06. The van der Waals surface area contributed by atoms with Crippen molar-refractivity contribution in [3.05, 3.63) is 34.9 Å². The van der Waals surface area contributed by atoms with Gasteiger partial charge in [-0.3, -0.25) is 9.59 Å². The number of hydrogen-bond acceptors (Lipinski definition) is 2. The minimum absolute atomic E-state index is 0.0540. The van der Waals surface area contributed by atoms with Crippen molar-refractivity contribution in [1.29, 1.82) is 0 Å². The quantitative estimate of drug-likeness (QED) is 0.875. The van der Waals surface area contributed by atoms with Gasteiger partial charge in [-0.25, -0.2) is 0 Å². The van der Waals surface area contributed by atoms with Crippen LogP contribution in [0.1, 0.15) is 24.8 Å². The fraction of sp³-hybridized carbons (Fsp3) is 0.467. The van der Waals surface area contributed by atoms with Gasteiger partial charge in [0.2, 0.25) is 5.91 Å². The van der Waals surface area contributed by atoms with Crippen LogP contribution in [-0.2, 0) is 15.0 Å². The maximum atomic E-state index is 11.9. The van der Waals surface area contributed by atoms with Crippen molar-refractivity contribution in [1.82, 2.24) is 5.32 Å². The lowest BCUT2D eigenvalue weighted by Gasteiger charge is -2.18. The highest BCUT2D eigenvalue weighted by Gasteiger charge is 2.50. The van der Waals surface area contributed by atoms with Crippen LogP contribution in [0.2, 0.25) is 5.02 Å². The first-order chi connectivity index (χ1) is 9.53. The molecule has 3 rings (SSSR count). The van der Waals surface area contributed by atoms with Crippen molar-refractivity contribution in [3.63, 3.8) is 0 Å². The van der Waals surface area contributed by atoms with Crippen molar-refractivity contribution in [2.45, 2.75) is 24.7 Å². The molecule has 2 saturated carbocycles. The molecular weight excluding hydrogens is 278 g/mol. The highest BCUT2D eigenvalue weighted by Crippen LogP contribution is 2.50. The van der Waals surface area contributed by atoms with Gasteiger partial charge in [0.25, 0.3) is 0 Å². The summed E-state index contributed by atoms with van der Waals surface area (Å²) in [5.41, 5.74) is 1.02. The number of amides is 1. The van der Waals surface area contributed by atoms with Crippen molar-refractivity contribution in [2.24, 2.45) is 11.8 Å². The van der Waals surface area contributed by atoms with E-state index in [1.807, 2.05) is 24.3 Å². The number of benzene rings is 1. The average molecular weight is 294 g/mol. The number of nitrogens with one attached hydrogen (secondary N) is 1. The van der Waals surface area contributed by atoms with Gasteiger partial charge < -0.3 is 10.4 Å². The van der Waals surface area contributed by atoms with Crippen LogP contribution in [-0.4, -0.2) is 23.5 Å². The number of hydrogen-bond donors (Lipinski definition) is 2. The number of carbonyl (C=O) groups excluding carboxylic acids is 1. The molecule has 2 atom stereocenters. The van der Waals surface area contributed by atoms with E-state index < -0.39 is 11.9 Å². The summed E-state index contributed by atoms with van der Waals surface area (Å²) in [7, 11) is 0. The Labute approximate surface area is 122 Å². The van der Waals surface area contributed by atoms with E-state index in [0.717, 1.165) is 23.4 Å². The first kappa shape index (κ1) is 13.4. The summed E-state index contributed by atoms with van der Waals surface area (Å²) in [5, 5.41) is 12.5. The smallest absolute Gasteiger partial charge is 0.307 e. The van der Waals surface area contributed by atoms with Crippen molar-refractivity contribution in [2.75, 3.05) is 6.54 Å². The topological polar surface area (TPSA) is 66.4 Å². The van der Waals surface area contributed by atoms with Gasteiger partial charge in [-0.2, -0.15) is 0 Å². The number of halogens is 1. The van der Waals surface area contributed by atoms with Crippen molar-refractivity contribution < 1.29 is 14.7 Å². The molecule has 0 spiro atoms. The largest absolute Gasteiger partial charge is 0.481 e. The molecule has 1 aromatic carbocycles. The molecule has 2 fully saturated rings. The van der Waals surface area contributed by atoms with Crippen LogP contribution in [0.5, 0.6) is 0 Å². The molecule has 0 heterocycles. The molecule has 1 amide bonds. The average Bonchev–Trinajstić information content (AvgIpc) is 3.30. The van der Waals surface area contributed by atoms with E-state index in [4.69, 9.17) is 16.7 Å². The molecule has 0 saturated heterocycles. The van der Waals surface area contributed by atoms with Crippen LogP contribution >= 0.6 is 11.6 Å². The van der Waals surface area contributed by atoms with Gasteiger partial charge >= 0.3 is 5.97 Å². The Morgan fingerprint density at radius 3 is 2.55 bits per heavy atom. The molecule has 4 nitrogen and oxygen atoms in total. The van der Waals surface area contributed by atoms with E-state index in [1.54, 1.807) is 0 Å². The third-order valence-electron chi connectivity index (χ3n) is 4.34. The van der Waals surface area contributed by atoms with Crippen LogP contribution in [0.3, 0.4) is 0 Å². The number of carboxylic acid groups (broad SMARTS) is 1. The maximum Gasteiger partial charge on any atom is 0.307 e. The van der Waals surface area contributed by atoms with Crippen molar-refractivity contribution in [3.8, 4) is 0 Å². The van der Waals surface area contributed by atoms with Crippen LogP contribution in [0.25, 0.3) is 0 Å². The van der Waals surface area contributed by atoms with Gasteiger partial charge in [0.1, 0.15) is 0 Å². The first-order valence-electron chi connectivity index (χ1n) is 6.79. The lowest BCUT2D eigenvalue weighted by Crippen LogP contribution is -2.34. The van der Waals surface area contributed by atoms with E-state index in [9.17, 15) is 9.59 Å². The molecule has 0 aromatic heterocycles. The summed E-state index contributed by atoms with van der Waals surface area (Å²) in [4.78, 5) is 22.7. The van der Waals surface area contributed by atoms with E-state index in [-0.39, 0.29) is 17.2 Å². The molecular formula is C15H16ClNO3. The normalized spacial score (nSPS) is 25.9. The summed E-state index contributed by atoms with van der Waals surface area (Å²) in [5.74, 6) is -1.87. The Bertz CT molecular complexity index is 568. The summed E-state index contributed by atoms with van der Waals surface area (Å²) >= 11 is 6.21. The molecule has 2 N–H and O–H groups in total. The van der Waals surface area contributed by atoms with Crippen LogP contribution < -0.4 is 5.32 Å². The van der Waals surface area contributed by atoms with Gasteiger partial charge in [0, 0.05) is 17.0 Å². The number of aliphatic carboxylic acids is 1. The van der Waals surface area contributed by atoms with Crippen LogP contribution in [0.15, 0.2) is 24.3 Å². The van der Waals surface area contributed by atoms with E-state index in [2.05, 4.69) is 5.32 Å². The predicted molar refractivity (Wildman–Crippen MR) is 74.6 cm³/mol. The molecule has 2 aliphatic rings. The molecule has 2 unspecified atom stereocenters. The highest BCUT2D eigenvalue weighted by atomic mass is 35.5. The standard InChI is InChI=1S/C15H16ClNO3/c16-12-4-2-1-3-11(12)15(5-6-15)8-17-13(18)9-7-10(9)14(19)20/h1-4,9-10H,5-8H2,(H,17,18)(H,19,20). The van der Waals surface area contributed by atoms with E-state index in [1.165, 1.54) is 0 Å². The monoisotopic (exact) mass is 293 g/mol. The second-order valence-corrected chi connectivity index (χ2v) is 6.17.